The van der Waals surface area contributed by atoms with Gasteiger partial charge in [-0.2, -0.15) is 11.8 Å². The Labute approximate surface area is 206 Å². The second kappa shape index (κ2) is 13.2. The Morgan fingerprint density at radius 2 is 2.00 bits per heavy atom. The van der Waals surface area contributed by atoms with Gasteiger partial charge < -0.3 is 20.5 Å². The Balaban J connectivity index is 0.00000341. The predicted molar refractivity (Wildman–Crippen MR) is 137 cm³/mol. The fraction of sp³-hybridized carbons (Fsp3) is 0.682. The zero-order chi connectivity index (χ0) is 21.4. The Bertz CT molecular complexity index is 691. The Morgan fingerprint density at radius 1 is 1.29 bits per heavy atom. The number of thioether (sulfide) groups is 1. The van der Waals surface area contributed by atoms with Crippen LogP contribution in [0.4, 0.5) is 4.39 Å². The largest absolute Gasteiger partial charge is 0.387 e. The van der Waals surface area contributed by atoms with E-state index in [2.05, 4.69) is 22.5 Å². The molecule has 3 unspecified atom stereocenters. The normalized spacial score (nSPS) is 25.3. The van der Waals surface area contributed by atoms with Gasteiger partial charge in [0.2, 0.25) is 0 Å². The molecule has 3 N–H and O–H groups in total. The molecule has 0 bridgehead atoms. The van der Waals surface area contributed by atoms with Crippen LogP contribution < -0.4 is 10.6 Å². The van der Waals surface area contributed by atoms with Gasteiger partial charge in [0, 0.05) is 31.4 Å². The monoisotopic (exact) mass is 566 g/mol. The van der Waals surface area contributed by atoms with Crippen molar-refractivity contribution in [1.29, 1.82) is 0 Å². The lowest BCUT2D eigenvalue weighted by molar-refractivity contribution is -0.0155. The lowest BCUT2D eigenvalue weighted by Crippen LogP contribution is -2.53. The van der Waals surface area contributed by atoms with Gasteiger partial charge in [0.15, 0.2) is 5.96 Å². The third kappa shape index (κ3) is 7.45. The van der Waals surface area contributed by atoms with Crippen molar-refractivity contribution in [2.24, 2.45) is 4.99 Å². The summed E-state index contributed by atoms with van der Waals surface area (Å²) in [6, 6.07) is 6.82. The Kier molecular flexibility index (Phi) is 11.3. The molecule has 3 atom stereocenters. The van der Waals surface area contributed by atoms with Crippen molar-refractivity contribution in [1.82, 2.24) is 15.5 Å². The summed E-state index contributed by atoms with van der Waals surface area (Å²) in [5.41, 5.74) is 0.363. The van der Waals surface area contributed by atoms with Crippen LogP contribution in [0.3, 0.4) is 0 Å². The molecule has 1 aromatic carbocycles. The van der Waals surface area contributed by atoms with Crippen LogP contribution in [-0.4, -0.2) is 78.5 Å². The van der Waals surface area contributed by atoms with Crippen LogP contribution >= 0.6 is 35.7 Å². The number of guanidine groups is 1. The van der Waals surface area contributed by atoms with Crippen molar-refractivity contribution in [3.05, 3.63) is 35.6 Å². The molecule has 0 aromatic heterocycles. The lowest BCUT2D eigenvalue weighted by atomic mass is 9.79. The molecule has 1 aliphatic carbocycles. The molecular weight excluding hydrogens is 530 g/mol. The molecule has 2 fully saturated rings. The van der Waals surface area contributed by atoms with E-state index in [0.29, 0.717) is 32.3 Å². The zero-order valence-corrected chi connectivity index (χ0v) is 21.6. The number of rotatable bonds is 9. The molecule has 1 aromatic rings. The number of ether oxygens (including phenoxy) is 1. The standard InChI is InChI=1S/C22H35FN4O2S.HI/c1-3-24-21(26-16-22(28)10-9-20(22)30-4-2)25-15-19(27-11-13-29-14-12-27)17-5-7-18(23)8-6-17;/h5-8,19-20,28H,3-4,9-16H2,1-2H3,(H2,24,25,26);1H. The molecule has 3 rings (SSSR count). The summed E-state index contributed by atoms with van der Waals surface area (Å²) in [6.07, 6.45) is 1.86. The fourth-order valence-electron chi connectivity index (χ4n) is 4.00. The van der Waals surface area contributed by atoms with Crippen molar-refractivity contribution >= 4 is 41.7 Å². The average molecular weight is 567 g/mol. The first-order chi connectivity index (χ1) is 14.6. The van der Waals surface area contributed by atoms with E-state index in [9.17, 15) is 9.50 Å². The number of hydrogen-bond acceptors (Lipinski definition) is 5. The molecule has 2 aliphatic rings. The number of nitrogens with zero attached hydrogens (tertiary/aromatic N) is 2. The van der Waals surface area contributed by atoms with Gasteiger partial charge in [-0.1, -0.05) is 19.1 Å². The van der Waals surface area contributed by atoms with E-state index in [-0.39, 0.29) is 41.1 Å². The van der Waals surface area contributed by atoms with Crippen LogP contribution in [0.15, 0.2) is 29.3 Å². The molecular formula is C22H36FIN4O2S. The Morgan fingerprint density at radius 3 is 2.58 bits per heavy atom. The van der Waals surface area contributed by atoms with Gasteiger partial charge in [-0.05, 0) is 43.2 Å². The summed E-state index contributed by atoms with van der Waals surface area (Å²) in [6.45, 7) is 9.03. The van der Waals surface area contributed by atoms with Crippen LogP contribution in [-0.2, 0) is 4.74 Å². The van der Waals surface area contributed by atoms with Crippen molar-refractivity contribution in [2.45, 2.75) is 43.6 Å². The van der Waals surface area contributed by atoms with Crippen LogP contribution in [0.1, 0.15) is 38.3 Å². The summed E-state index contributed by atoms with van der Waals surface area (Å²) < 4.78 is 18.9. The third-order valence-corrected chi connectivity index (χ3v) is 7.28. The van der Waals surface area contributed by atoms with Crippen LogP contribution in [0, 0.1) is 5.82 Å². The fourth-order valence-corrected chi connectivity index (χ4v) is 5.19. The Hall–Kier alpha value is -0.620. The van der Waals surface area contributed by atoms with Crippen molar-refractivity contribution in [3.8, 4) is 0 Å². The molecule has 31 heavy (non-hydrogen) atoms. The molecule has 176 valence electrons. The van der Waals surface area contributed by atoms with Gasteiger partial charge in [-0.3, -0.25) is 9.89 Å². The van der Waals surface area contributed by atoms with E-state index in [1.54, 1.807) is 0 Å². The first-order valence-corrected chi connectivity index (χ1v) is 12.0. The molecule has 1 heterocycles. The maximum atomic E-state index is 13.4. The van der Waals surface area contributed by atoms with Crippen LogP contribution in [0.2, 0.25) is 0 Å². The second-order valence-electron chi connectivity index (χ2n) is 7.88. The zero-order valence-electron chi connectivity index (χ0n) is 18.5. The topological polar surface area (TPSA) is 69.1 Å². The van der Waals surface area contributed by atoms with E-state index in [1.807, 2.05) is 30.8 Å². The highest BCUT2D eigenvalue weighted by atomic mass is 127. The van der Waals surface area contributed by atoms with Gasteiger partial charge in [0.25, 0.3) is 0 Å². The number of aliphatic hydroxyl groups is 1. The van der Waals surface area contributed by atoms with Gasteiger partial charge in [0.1, 0.15) is 5.82 Å². The SMILES string of the molecule is CCNC(=NCC1(O)CCC1SCC)NCC(c1ccc(F)cc1)N1CCOCC1.I. The highest BCUT2D eigenvalue weighted by molar-refractivity contribution is 14.0. The summed E-state index contributed by atoms with van der Waals surface area (Å²) >= 11 is 1.82. The van der Waals surface area contributed by atoms with Crippen LogP contribution in [0.5, 0.6) is 0 Å². The molecule has 9 heteroatoms. The summed E-state index contributed by atoms with van der Waals surface area (Å²) in [5.74, 6) is 1.49. The molecule has 0 radical (unpaired) electrons. The van der Waals surface area contributed by atoms with E-state index < -0.39 is 5.60 Å². The number of halogens is 2. The number of hydrogen-bond donors (Lipinski definition) is 3. The quantitative estimate of drug-likeness (QED) is 0.243. The average Bonchev–Trinajstić information content (AvgIpc) is 2.76. The smallest absolute Gasteiger partial charge is 0.191 e. The van der Waals surface area contributed by atoms with Gasteiger partial charge >= 0.3 is 0 Å². The van der Waals surface area contributed by atoms with Crippen molar-refractivity contribution < 1.29 is 14.2 Å². The number of morpholine rings is 1. The number of benzene rings is 1. The summed E-state index contributed by atoms with van der Waals surface area (Å²) in [5, 5.41) is 17.9. The third-order valence-electron chi connectivity index (χ3n) is 5.87. The highest BCUT2D eigenvalue weighted by Gasteiger charge is 2.45. The van der Waals surface area contributed by atoms with E-state index in [4.69, 9.17) is 9.73 Å². The lowest BCUT2D eigenvalue weighted by Gasteiger charge is -2.44. The maximum Gasteiger partial charge on any atom is 0.191 e. The predicted octanol–water partition coefficient (Wildman–Crippen LogP) is 3.02. The van der Waals surface area contributed by atoms with E-state index >= 15 is 0 Å². The van der Waals surface area contributed by atoms with E-state index in [1.165, 1.54) is 12.1 Å². The molecule has 1 saturated heterocycles. The van der Waals surface area contributed by atoms with Gasteiger partial charge in [0.05, 0.1) is 31.4 Å². The summed E-state index contributed by atoms with van der Waals surface area (Å²) in [4.78, 5) is 7.05. The van der Waals surface area contributed by atoms with Crippen molar-refractivity contribution in [2.75, 3.05) is 51.7 Å². The molecule has 1 aliphatic heterocycles. The number of nitrogens with one attached hydrogen (secondary N) is 2. The first kappa shape index (κ1) is 26.6. The van der Waals surface area contributed by atoms with Crippen LogP contribution in [0.25, 0.3) is 0 Å². The molecule has 1 saturated carbocycles. The summed E-state index contributed by atoms with van der Waals surface area (Å²) in [7, 11) is 0. The van der Waals surface area contributed by atoms with Gasteiger partial charge in [-0.25, -0.2) is 4.39 Å². The first-order valence-electron chi connectivity index (χ1n) is 11.0. The maximum absolute atomic E-state index is 13.4. The molecule has 0 spiro atoms. The highest BCUT2D eigenvalue weighted by Crippen LogP contribution is 2.41. The van der Waals surface area contributed by atoms with E-state index in [0.717, 1.165) is 43.8 Å². The second-order valence-corrected chi connectivity index (χ2v) is 9.36. The molecule has 6 nitrogen and oxygen atoms in total. The molecule has 0 amide bonds. The minimum absolute atomic E-state index is 0. The minimum atomic E-state index is -0.705. The van der Waals surface area contributed by atoms with Gasteiger partial charge in [-0.15, -0.1) is 24.0 Å². The number of aliphatic imine (C=N–C) groups is 1. The van der Waals surface area contributed by atoms with Crippen molar-refractivity contribution in [3.63, 3.8) is 0 Å². The minimum Gasteiger partial charge on any atom is -0.387 e.